The Balaban J connectivity index is 1.57. The van der Waals surface area contributed by atoms with Gasteiger partial charge < -0.3 is 14.4 Å². The summed E-state index contributed by atoms with van der Waals surface area (Å²) in [6.45, 7) is 0.753. The minimum Gasteiger partial charge on any atom is -0.497 e. The number of nitrogens with zero attached hydrogens (tertiary/aromatic N) is 2. The maximum Gasteiger partial charge on any atom is 0.118 e. The van der Waals surface area contributed by atoms with Crippen LogP contribution in [0, 0.1) is 0 Å². The first-order chi connectivity index (χ1) is 11.7. The molecular formula is C19H20N2O2S. The van der Waals surface area contributed by atoms with E-state index in [0.29, 0.717) is 6.42 Å². The summed E-state index contributed by atoms with van der Waals surface area (Å²) in [5, 5.41) is 10.3. The molecule has 0 radical (unpaired) electrons. The highest BCUT2D eigenvalue weighted by atomic mass is 32.2. The maximum absolute atomic E-state index is 10.3. The van der Waals surface area contributed by atoms with Crippen molar-refractivity contribution in [2.75, 3.05) is 7.11 Å². The van der Waals surface area contributed by atoms with Gasteiger partial charge in [0.25, 0.3) is 0 Å². The van der Waals surface area contributed by atoms with Crippen LogP contribution in [0.2, 0.25) is 0 Å². The van der Waals surface area contributed by atoms with Gasteiger partial charge in [-0.05, 0) is 48.4 Å². The number of methoxy groups -OCH3 is 1. The molecule has 3 aromatic rings. The van der Waals surface area contributed by atoms with Gasteiger partial charge in [-0.15, -0.1) is 0 Å². The molecule has 0 aliphatic rings. The standard InChI is InChI=1S/C19H20N2O2S/c1-23-16-4-8-18(9-5-16)24-17-6-2-15(3-7-17)19(22)10-12-21-13-11-20-14-21/h2-9,11,13-14,19,22H,10,12H2,1H3. The molecule has 1 heterocycles. The van der Waals surface area contributed by atoms with Crippen LogP contribution in [0.25, 0.3) is 0 Å². The summed E-state index contributed by atoms with van der Waals surface area (Å²) in [7, 11) is 1.67. The largest absolute Gasteiger partial charge is 0.497 e. The molecule has 124 valence electrons. The third-order valence-electron chi connectivity index (χ3n) is 3.78. The van der Waals surface area contributed by atoms with E-state index >= 15 is 0 Å². The van der Waals surface area contributed by atoms with Crippen molar-refractivity contribution in [2.24, 2.45) is 0 Å². The van der Waals surface area contributed by atoms with Crippen LogP contribution in [-0.2, 0) is 6.54 Å². The van der Waals surface area contributed by atoms with Crippen molar-refractivity contribution in [1.29, 1.82) is 0 Å². The monoisotopic (exact) mass is 340 g/mol. The summed E-state index contributed by atoms with van der Waals surface area (Å²) in [4.78, 5) is 6.31. The molecule has 0 amide bonds. The average molecular weight is 340 g/mol. The zero-order valence-corrected chi connectivity index (χ0v) is 14.3. The van der Waals surface area contributed by atoms with Crippen molar-refractivity contribution in [3.05, 3.63) is 72.8 Å². The summed E-state index contributed by atoms with van der Waals surface area (Å²) in [5.74, 6) is 0.857. The lowest BCUT2D eigenvalue weighted by Crippen LogP contribution is -2.03. The molecule has 4 nitrogen and oxygen atoms in total. The van der Waals surface area contributed by atoms with E-state index in [1.165, 1.54) is 0 Å². The Labute approximate surface area is 146 Å². The van der Waals surface area contributed by atoms with Gasteiger partial charge in [-0.25, -0.2) is 4.98 Å². The highest BCUT2D eigenvalue weighted by molar-refractivity contribution is 7.99. The number of aliphatic hydroxyl groups excluding tert-OH is 1. The molecule has 1 N–H and O–H groups in total. The first-order valence-electron chi connectivity index (χ1n) is 7.80. The van der Waals surface area contributed by atoms with Gasteiger partial charge in [0.05, 0.1) is 19.5 Å². The number of benzene rings is 2. The molecule has 0 bridgehead atoms. The smallest absolute Gasteiger partial charge is 0.118 e. The molecule has 0 aliphatic carbocycles. The molecule has 24 heavy (non-hydrogen) atoms. The van der Waals surface area contributed by atoms with Crippen molar-refractivity contribution < 1.29 is 9.84 Å². The van der Waals surface area contributed by atoms with Crippen LogP contribution in [-0.4, -0.2) is 21.8 Å². The molecule has 0 saturated carbocycles. The minimum absolute atomic E-state index is 0.465. The van der Waals surface area contributed by atoms with Gasteiger partial charge in [0.1, 0.15) is 5.75 Å². The second-order valence-electron chi connectivity index (χ2n) is 5.45. The zero-order chi connectivity index (χ0) is 16.8. The second kappa shape index (κ2) is 8.04. The molecule has 0 fully saturated rings. The Kier molecular flexibility index (Phi) is 5.56. The Morgan fingerprint density at radius 2 is 1.75 bits per heavy atom. The normalized spacial score (nSPS) is 12.1. The molecule has 1 aromatic heterocycles. The number of ether oxygens (including phenoxy) is 1. The SMILES string of the molecule is COc1ccc(Sc2ccc(C(O)CCn3ccnc3)cc2)cc1. The van der Waals surface area contributed by atoms with Crippen LogP contribution in [0.5, 0.6) is 5.75 Å². The van der Waals surface area contributed by atoms with E-state index in [9.17, 15) is 5.11 Å². The van der Waals surface area contributed by atoms with Crippen LogP contribution >= 0.6 is 11.8 Å². The molecule has 5 heteroatoms. The number of hydrogen-bond acceptors (Lipinski definition) is 4. The van der Waals surface area contributed by atoms with Crippen LogP contribution in [0.1, 0.15) is 18.1 Å². The van der Waals surface area contributed by atoms with E-state index in [1.807, 2.05) is 59.3 Å². The highest BCUT2D eigenvalue weighted by Crippen LogP contribution is 2.30. The van der Waals surface area contributed by atoms with Gasteiger partial charge in [-0.2, -0.15) is 0 Å². The summed E-state index contributed by atoms with van der Waals surface area (Å²) in [5.41, 5.74) is 0.939. The molecule has 1 unspecified atom stereocenters. The quantitative estimate of drug-likeness (QED) is 0.701. The number of aromatic nitrogens is 2. The van der Waals surface area contributed by atoms with Gasteiger partial charge in [0, 0.05) is 28.7 Å². The van der Waals surface area contributed by atoms with Crippen LogP contribution in [0.3, 0.4) is 0 Å². The van der Waals surface area contributed by atoms with Gasteiger partial charge in [-0.1, -0.05) is 23.9 Å². The predicted molar refractivity (Wildman–Crippen MR) is 95.4 cm³/mol. The lowest BCUT2D eigenvalue weighted by molar-refractivity contribution is 0.161. The van der Waals surface area contributed by atoms with Crippen LogP contribution < -0.4 is 4.74 Å². The molecular weight excluding hydrogens is 320 g/mol. The second-order valence-corrected chi connectivity index (χ2v) is 6.60. The lowest BCUT2D eigenvalue weighted by Gasteiger charge is -2.12. The Bertz CT molecular complexity index is 740. The van der Waals surface area contributed by atoms with E-state index < -0.39 is 6.10 Å². The summed E-state index contributed by atoms with van der Waals surface area (Å²) >= 11 is 1.69. The van der Waals surface area contributed by atoms with Crippen molar-refractivity contribution in [2.45, 2.75) is 28.9 Å². The number of aliphatic hydroxyl groups is 1. The molecule has 1 atom stereocenters. The van der Waals surface area contributed by atoms with Crippen LogP contribution in [0.4, 0.5) is 0 Å². The summed E-state index contributed by atoms with van der Waals surface area (Å²) in [6.07, 6.45) is 5.62. The minimum atomic E-state index is -0.465. The topological polar surface area (TPSA) is 47.3 Å². The molecule has 0 spiro atoms. The first-order valence-corrected chi connectivity index (χ1v) is 8.62. The molecule has 0 saturated heterocycles. The molecule has 3 rings (SSSR count). The third kappa shape index (κ3) is 4.40. The van der Waals surface area contributed by atoms with E-state index in [0.717, 1.165) is 27.6 Å². The van der Waals surface area contributed by atoms with E-state index in [1.54, 1.807) is 31.4 Å². The summed E-state index contributed by atoms with van der Waals surface area (Å²) < 4.78 is 7.14. The summed E-state index contributed by atoms with van der Waals surface area (Å²) in [6, 6.07) is 16.1. The van der Waals surface area contributed by atoms with E-state index in [2.05, 4.69) is 4.98 Å². The Morgan fingerprint density at radius 1 is 1.08 bits per heavy atom. The lowest BCUT2D eigenvalue weighted by atomic mass is 10.1. The van der Waals surface area contributed by atoms with Crippen molar-refractivity contribution in [3.63, 3.8) is 0 Å². The fraction of sp³-hybridized carbons (Fsp3) is 0.211. The molecule has 2 aromatic carbocycles. The van der Waals surface area contributed by atoms with Crippen LogP contribution in [0.15, 0.2) is 77.0 Å². The van der Waals surface area contributed by atoms with Gasteiger partial charge >= 0.3 is 0 Å². The van der Waals surface area contributed by atoms with E-state index in [-0.39, 0.29) is 0 Å². The average Bonchev–Trinajstić information content (AvgIpc) is 3.14. The van der Waals surface area contributed by atoms with Crippen molar-refractivity contribution >= 4 is 11.8 Å². The molecule has 0 aliphatic heterocycles. The van der Waals surface area contributed by atoms with E-state index in [4.69, 9.17) is 4.74 Å². The number of hydrogen-bond donors (Lipinski definition) is 1. The van der Waals surface area contributed by atoms with Crippen molar-refractivity contribution in [3.8, 4) is 5.75 Å². The van der Waals surface area contributed by atoms with Crippen molar-refractivity contribution in [1.82, 2.24) is 9.55 Å². The fourth-order valence-electron chi connectivity index (χ4n) is 2.39. The zero-order valence-electron chi connectivity index (χ0n) is 13.5. The number of rotatable bonds is 7. The number of imidazole rings is 1. The predicted octanol–water partition coefficient (Wildman–Crippen LogP) is 4.17. The Hall–Kier alpha value is -2.24. The third-order valence-corrected chi connectivity index (χ3v) is 4.80. The van der Waals surface area contributed by atoms with Gasteiger partial charge in [0.2, 0.25) is 0 Å². The van der Waals surface area contributed by atoms with Gasteiger partial charge in [-0.3, -0.25) is 0 Å². The van der Waals surface area contributed by atoms with Gasteiger partial charge in [0.15, 0.2) is 0 Å². The highest BCUT2D eigenvalue weighted by Gasteiger charge is 2.08. The maximum atomic E-state index is 10.3. The Morgan fingerprint density at radius 3 is 2.33 bits per heavy atom. The fourth-order valence-corrected chi connectivity index (χ4v) is 3.21. The number of aryl methyl sites for hydroxylation is 1. The first kappa shape index (κ1) is 16.6.